The van der Waals surface area contributed by atoms with Crippen LogP contribution in [0.5, 0.6) is 0 Å². The van der Waals surface area contributed by atoms with Gasteiger partial charge in [-0.05, 0) is 49.7 Å². The van der Waals surface area contributed by atoms with Gasteiger partial charge in [-0.15, -0.1) is 0 Å². The Bertz CT molecular complexity index is 275. The predicted molar refractivity (Wildman–Crippen MR) is 74.9 cm³/mol. The molecule has 0 radical (unpaired) electrons. The normalized spacial score (nSPS) is 43.2. The summed E-state index contributed by atoms with van der Waals surface area (Å²) in [6, 6.07) is 0.316. The van der Waals surface area contributed by atoms with Gasteiger partial charge >= 0.3 is 0 Å². The first-order valence-electron chi connectivity index (χ1n) is 7.34. The first kappa shape index (κ1) is 13.2. The first-order valence-corrected chi connectivity index (χ1v) is 8.50. The molecule has 2 N–H and O–H groups in total. The molecule has 3 aliphatic rings. The fourth-order valence-electron chi connectivity index (χ4n) is 3.71. The van der Waals surface area contributed by atoms with Gasteiger partial charge in [-0.3, -0.25) is 0 Å². The van der Waals surface area contributed by atoms with Gasteiger partial charge in [0.05, 0.1) is 12.2 Å². The molecule has 4 unspecified atom stereocenters. The monoisotopic (exact) mass is 271 g/mol. The summed E-state index contributed by atoms with van der Waals surface area (Å²) in [5.41, 5.74) is 6.70. The van der Waals surface area contributed by atoms with Crippen LogP contribution >= 0.6 is 11.8 Å². The number of hydrogen-bond donors (Lipinski definition) is 1. The molecule has 0 aromatic carbocycles. The number of nitrogens with two attached hydrogens (primary N) is 1. The van der Waals surface area contributed by atoms with Crippen molar-refractivity contribution < 1.29 is 9.47 Å². The summed E-state index contributed by atoms with van der Waals surface area (Å²) in [7, 11) is 0. The second-order valence-electron chi connectivity index (χ2n) is 6.14. The van der Waals surface area contributed by atoms with Crippen molar-refractivity contribution in [2.75, 3.05) is 31.3 Å². The van der Waals surface area contributed by atoms with Crippen LogP contribution in [0.3, 0.4) is 0 Å². The minimum Gasteiger partial charge on any atom is -0.381 e. The Labute approximate surface area is 114 Å². The average Bonchev–Trinajstić information content (AvgIpc) is 2.87. The van der Waals surface area contributed by atoms with Gasteiger partial charge in [0.2, 0.25) is 0 Å². The third-order valence-corrected chi connectivity index (χ3v) is 6.11. The van der Waals surface area contributed by atoms with E-state index < -0.39 is 0 Å². The van der Waals surface area contributed by atoms with E-state index in [1.807, 2.05) is 11.8 Å². The molecular formula is C14H25NO2S. The largest absolute Gasteiger partial charge is 0.381 e. The molecule has 104 valence electrons. The van der Waals surface area contributed by atoms with Crippen molar-refractivity contribution in [3.05, 3.63) is 0 Å². The van der Waals surface area contributed by atoms with Crippen LogP contribution in [-0.4, -0.2) is 43.0 Å². The van der Waals surface area contributed by atoms with E-state index >= 15 is 0 Å². The lowest BCUT2D eigenvalue weighted by Crippen LogP contribution is -2.49. The molecule has 3 rings (SSSR count). The van der Waals surface area contributed by atoms with E-state index in [0.717, 1.165) is 26.2 Å². The highest BCUT2D eigenvalue weighted by Gasteiger charge is 2.43. The van der Waals surface area contributed by atoms with Crippen LogP contribution in [0.4, 0.5) is 0 Å². The summed E-state index contributed by atoms with van der Waals surface area (Å²) in [5.74, 6) is 3.66. The number of hydrogen-bond acceptors (Lipinski definition) is 4. The molecule has 0 aromatic rings. The zero-order valence-electron chi connectivity index (χ0n) is 11.1. The van der Waals surface area contributed by atoms with Crippen LogP contribution in [0, 0.1) is 11.8 Å². The van der Waals surface area contributed by atoms with Crippen LogP contribution < -0.4 is 5.73 Å². The minimum atomic E-state index is 0.167. The Hall–Kier alpha value is 0.230. The van der Waals surface area contributed by atoms with E-state index in [1.54, 1.807) is 0 Å². The Morgan fingerprint density at radius 1 is 1.22 bits per heavy atom. The van der Waals surface area contributed by atoms with Crippen molar-refractivity contribution >= 4 is 11.8 Å². The van der Waals surface area contributed by atoms with Crippen LogP contribution in [0.1, 0.15) is 32.1 Å². The van der Waals surface area contributed by atoms with Crippen molar-refractivity contribution in [3.63, 3.8) is 0 Å². The van der Waals surface area contributed by atoms with Gasteiger partial charge in [0.25, 0.3) is 0 Å². The molecule has 3 aliphatic heterocycles. The van der Waals surface area contributed by atoms with Gasteiger partial charge in [-0.2, -0.15) is 11.8 Å². The standard InChI is InChI=1S/C14H25NO2S/c15-13(12-2-1-5-16-9-12)11-3-6-17-14(8-11)4-7-18-10-14/h11-13H,1-10,15H2. The van der Waals surface area contributed by atoms with E-state index in [1.165, 1.54) is 37.2 Å². The van der Waals surface area contributed by atoms with E-state index in [0.29, 0.717) is 17.9 Å². The van der Waals surface area contributed by atoms with Crippen LogP contribution in [-0.2, 0) is 9.47 Å². The Kier molecular flexibility index (Phi) is 4.18. The molecule has 3 nitrogen and oxygen atoms in total. The van der Waals surface area contributed by atoms with Gasteiger partial charge in [-0.1, -0.05) is 0 Å². The summed E-state index contributed by atoms with van der Waals surface area (Å²) in [6.45, 7) is 2.71. The lowest BCUT2D eigenvalue weighted by Gasteiger charge is -2.42. The minimum absolute atomic E-state index is 0.167. The van der Waals surface area contributed by atoms with Crippen LogP contribution in [0.2, 0.25) is 0 Å². The molecule has 4 atom stereocenters. The second kappa shape index (κ2) is 5.70. The van der Waals surface area contributed by atoms with Gasteiger partial charge in [0.15, 0.2) is 0 Å². The zero-order chi connectivity index (χ0) is 12.4. The highest BCUT2D eigenvalue weighted by atomic mass is 32.2. The van der Waals surface area contributed by atoms with Gasteiger partial charge in [-0.25, -0.2) is 0 Å². The summed E-state index contributed by atoms with van der Waals surface area (Å²) < 4.78 is 11.7. The third kappa shape index (κ3) is 2.72. The van der Waals surface area contributed by atoms with Crippen molar-refractivity contribution in [1.29, 1.82) is 0 Å². The number of thioether (sulfide) groups is 1. The number of rotatable bonds is 2. The smallest absolute Gasteiger partial charge is 0.0783 e. The average molecular weight is 271 g/mol. The van der Waals surface area contributed by atoms with Gasteiger partial charge in [0, 0.05) is 25.0 Å². The van der Waals surface area contributed by atoms with Crippen molar-refractivity contribution in [1.82, 2.24) is 0 Å². The van der Waals surface area contributed by atoms with E-state index in [9.17, 15) is 0 Å². The fourth-order valence-corrected chi connectivity index (χ4v) is 5.09. The van der Waals surface area contributed by atoms with Crippen molar-refractivity contribution in [2.24, 2.45) is 17.6 Å². The van der Waals surface area contributed by atoms with E-state index in [4.69, 9.17) is 15.2 Å². The fraction of sp³-hybridized carbons (Fsp3) is 1.00. The third-order valence-electron chi connectivity index (χ3n) is 4.88. The Balaban J connectivity index is 1.60. The molecule has 0 aliphatic carbocycles. The molecule has 0 amide bonds. The first-order chi connectivity index (χ1) is 8.79. The summed E-state index contributed by atoms with van der Waals surface area (Å²) in [4.78, 5) is 0. The summed E-state index contributed by atoms with van der Waals surface area (Å²) in [5, 5.41) is 0. The predicted octanol–water partition coefficient (Wildman–Crippen LogP) is 2.04. The highest BCUT2D eigenvalue weighted by molar-refractivity contribution is 7.99. The topological polar surface area (TPSA) is 44.5 Å². The Morgan fingerprint density at radius 3 is 2.89 bits per heavy atom. The van der Waals surface area contributed by atoms with Crippen molar-refractivity contribution in [3.8, 4) is 0 Å². The molecule has 3 heterocycles. The lowest BCUT2D eigenvalue weighted by molar-refractivity contribution is -0.0900. The van der Waals surface area contributed by atoms with Crippen LogP contribution in [0.15, 0.2) is 0 Å². The molecule has 0 bridgehead atoms. The molecule has 0 saturated carbocycles. The zero-order valence-corrected chi connectivity index (χ0v) is 11.9. The maximum absolute atomic E-state index is 6.53. The molecular weight excluding hydrogens is 246 g/mol. The SMILES string of the molecule is NC(C1CCCOC1)C1CCOC2(CCSC2)C1. The summed E-state index contributed by atoms with van der Waals surface area (Å²) >= 11 is 2.04. The molecule has 18 heavy (non-hydrogen) atoms. The van der Waals surface area contributed by atoms with Crippen LogP contribution in [0.25, 0.3) is 0 Å². The van der Waals surface area contributed by atoms with Gasteiger partial charge in [0.1, 0.15) is 0 Å². The van der Waals surface area contributed by atoms with Crippen molar-refractivity contribution in [2.45, 2.75) is 43.7 Å². The Morgan fingerprint density at radius 2 is 2.17 bits per heavy atom. The molecule has 3 saturated heterocycles. The molecule has 3 fully saturated rings. The molecule has 0 aromatic heterocycles. The van der Waals surface area contributed by atoms with E-state index in [-0.39, 0.29) is 5.60 Å². The highest BCUT2D eigenvalue weighted by Crippen LogP contribution is 2.42. The summed E-state index contributed by atoms with van der Waals surface area (Å²) in [6.07, 6.45) is 5.98. The maximum atomic E-state index is 6.53. The lowest BCUT2D eigenvalue weighted by atomic mass is 9.76. The molecule has 1 spiro atoms. The molecule has 4 heteroatoms. The second-order valence-corrected chi connectivity index (χ2v) is 7.25. The van der Waals surface area contributed by atoms with E-state index in [2.05, 4.69) is 0 Å². The van der Waals surface area contributed by atoms with Gasteiger partial charge < -0.3 is 15.2 Å². The quantitative estimate of drug-likeness (QED) is 0.835. The maximum Gasteiger partial charge on any atom is 0.0783 e. The number of ether oxygens (including phenoxy) is 2.